The van der Waals surface area contributed by atoms with Crippen molar-refractivity contribution in [1.82, 2.24) is 5.32 Å². The molecule has 7 heteroatoms. The first kappa shape index (κ1) is 17.5. The highest BCUT2D eigenvalue weighted by Crippen LogP contribution is 2.28. The molecule has 0 radical (unpaired) electrons. The van der Waals surface area contributed by atoms with E-state index in [0.29, 0.717) is 30.0 Å². The Morgan fingerprint density at radius 1 is 1.40 bits per heavy atom. The number of nitrogens with zero attached hydrogens (tertiary/aromatic N) is 3. The number of hydrogen-bond donors (Lipinski definition) is 1. The Morgan fingerprint density at radius 2 is 2.20 bits per heavy atom. The predicted octanol–water partition coefficient (Wildman–Crippen LogP) is 2.30. The number of carbonyl (C=O) groups excluding carboxylic acids is 2. The molecule has 2 amide bonds. The maximum atomic E-state index is 12.6. The van der Waals surface area contributed by atoms with Gasteiger partial charge in [-0.25, -0.2) is 5.01 Å². The molecule has 6 nitrogen and oxygen atoms in total. The van der Waals surface area contributed by atoms with Crippen LogP contribution in [-0.2, 0) is 9.59 Å². The van der Waals surface area contributed by atoms with E-state index in [1.54, 1.807) is 11.8 Å². The van der Waals surface area contributed by atoms with Crippen LogP contribution >= 0.6 is 11.8 Å². The number of carbonyl (C=O) groups is 2. The number of nitriles is 1. The normalized spacial score (nSPS) is 23.2. The second kappa shape index (κ2) is 6.89. The molecule has 0 bridgehead atoms. The van der Waals surface area contributed by atoms with Crippen molar-refractivity contribution in [3.8, 4) is 6.07 Å². The molecule has 1 atom stereocenters. The molecule has 2 heterocycles. The van der Waals surface area contributed by atoms with Crippen LogP contribution in [0.15, 0.2) is 23.3 Å². The molecule has 1 N–H and O–H groups in total. The minimum Gasteiger partial charge on any atom is -0.332 e. The van der Waals surface area contributed by atoms with E-state index >= 15 is 0 Å². The van der Waals surface area contributed by atoms with Crippen molar-refractivity contribution in [2.45, 2.75) is 38.6 Å². The van der Waals surface area contributed by atoms with Crippen LogP contribution in [0.25, 0.3) is 0 Å². The van der Waals surface area contributed by atoms with E-state index in [9.17, 15) is 14.9 Å². The van der Waals surface area contributed by atoms with Gasteiger partial charge in [0, 0.05) is 18.6 Å². The average molecular weight is 356 g/mol. The van der Waals surface area contributed by atoms with E-state index in [4.69, 9.17) is 0 Å². The molecule has 25 heavy (non-hydrogen) atoms. The van der Waals surface area contributed by atoms with Gasteiger partial charge in [-0.3, -0.25) is 9.59 Å². The minimum absolute atomic E-state index is 0.128. The van der Waals surface area contributed by atoms with Crippen molar-refractivity contribution in [3.63, 3.8) is 0 Å². The largest absolute Gasteiger partial charge is 0.332 e. The van der Waals surface area contributed by atoms with E-state index in [1.165, 1.54) is 5.01 Å². The van der Waals surface area contributed by atoms with E-state index < -0.39 is 5.54 Å². The molecular formula is C18H20N4O2S. The number of amides is 2. The van der Waals surface area contributed by atoms with Crippen molar-refractivity contribution in [1.29, 1.82) is 5.26 Å². The number of hydrogen-bond acceptors (Lipinski definition) is 5. The van der Waals surface area contributed by atoms with Gasteiger partial charge >= 0.3 is 0 Å². The number of hydrazone groups is 1. The van der Waals surface area contributed by atoms with Crippen LogP contribution in [0.5, 0.6) is 0 Å². The summed E-state index contributed by atoms with van der Waals surface area (Å²) in [5.41, 5.74) is 2.11. The van der Waals surface area contributed by atoms with Crippen LogP contribution in [0.1, 0.15) is 30.4 Å². The summed E-state index contributed by atoms with van der Waals surface area (Å²) in [5, 5.41) is 17.9. The minimum atomic E-state index is -0.824. The maximum absolute atomic E-state index is 12.6. The Labute approximate surface area is 151 Å². The zero-order chi connectivity index (χ0) is 18.0. The van der Waals surface area contributed by atoms with Gasteiger partial charge in [-0.15, -0.1) is 0 Å². The lowest BCUT2D eigenvalue weighted by atomic mass is 10.00. The lowest BCUT2D eigenvalue weighted by Gasteiger charge is -2.27. The molecular weight excluding hydrogens is 336 g/mol. The summed E-state index contributed by atoms with van der Waals surface area (Å²) in [6.07, 6.45) is 1.15. The summed E-state index contributed by atoms with van der Waals surface area (Å²) < 4.78 is 0. The van der Waals surface area contributed by atoms with Crippen LogP contribution < -0.4 is 10.3 Å². The van der Waals surface area contributed by atoms with E-state index in [2.05, 4.69) is 16.5 Å². The van der Waals surface area contributed by atoms with Gasteiger partial charge in [0.15, 0.2) is 0 Å². The molecule has 0 aromatic heterocycles. The SMILES string of the molecule is Cc1ccc(C)c(N2N=C(C(=O)NC3(C#N)CCSC3)CCC2=O)c1. The van der Waals surface area contributed by atoms with Crippen molar-refractivity contribution < 1.29 is 9.59 Å². The van der Waals surface area contributed by atoms with Gasteiger partial charge in [-0.2, -0.15) is 22.1 Å². The van der Waals surface area contributed by atoms with Crippen LogP contribution in [0, 0.1) is 25.2 Å². The highest BCUT2D eigenvalue weighted by molar-refractivity contribution is 7.99. The third-order valence-electron chi connectivity index (χ3n) is 4.48. The van der Waals surface area contributed by atoms with E-state index in [0.717, 1.165) is 16.9 Å². The summed E-state index contributed by atoms with van der Waals surface area (Å²) in [6.45, 7) is 3.86. The van der Waals surface area contributed by atoms with Crippen molar-refractivity contribution >= 4 is 35.0 Å². The highest BCUT2D eigenvalue weighted by atomic mass is 32.2. The van der Waals surface area contributed by atoms with Gasteiger partial charge in [-0.05, 0) is 43.2 Å². The Morgan fingerprint density at radius 3 is 2.88 bits per heavy atom. The molecule has 1 fully saturated rings. The second-order valence-corrected chi connectivity index (χ2v) is 7.60. The van der Waals surface area contributed by atoms with Gasteiger partial charge in [0.2, 0.25) is 5.91 Å². The lowest BCUT2D eigenvalue weighted by Crippen LogP contribution is -2.51. The zero-order valence-corrected chi connectivity index (χ0v) is 15.2. The molecule has 2 aliphatic heterocycles. The zero-order valence-electron chi connectivity index (χ0n) is 14.3. The van der Waals surface area contributed by atoms with Crippen LogP contribution in [0.4, 0.5) is 5.69 Å². The Kier molecular flexibility index (Phi) is 4.82. The molecule has 1 unspecified atom stereocenters. The predicted molar refractivity (Wildman–Crippen MR) is 98.5 cm³/mol. The van der Waals surface area contributed by atoms with Gasteiger partial charge in [0.05, 0.1) is 11.8 Å². The monoisotopic (exact) mass is 356 g/mol. The fraction of sp³-hybridized carbons (Fsp3) is 0.444. The summed E-state index contributed by atoms with van der Waals surface area (Å²) in [7, 11) is 0. The van der Waals surface area contributed by atoms with Gasteiger partial charge in [0.1, 0.15) is 11.3 Å². The van der Waals surface area contributed by atoms with E-state index in [-0.39, 0.29) is 18.2 Å². The highest BCUT2D eigenvalue weighted by Gasteiger charge is 2.38. The Balaban J connectivity index is 1.87. The number of aryl methyl sites for hydroxylation is 2. The van der Waals surface area contributed by atoms with Crippen LogP contribution in [-0.4, -0.2) is 34.6 Å². The summed E-state index contributed by atoms with van der Waals surface area (Å²) in [5.74, 6) is 0.957. The molecule has 0 saturated carbocycles. The molecule has 0 spiro atoms. The number of anilines is 1. The molecule has 0 aliphatic carbocycles. The first-order chi connectivity index (χ1) is 11.9. The first-order valence-corrected chi connectivity index (χ1v) is 9.39. The average Bonchev–Trinajstić information content (AvgIpc) is 3.06. The Hall–Kier alpha value is -2.33. The third-order valence-corrected chi connectivity index (χ3v) is 5.67. The number of nitrogens with one attached hydrogen (secondary N) is 1. The second-order valence-electron chi connectivity index (χ2n) is 6.49. The fourth-order valence-electron chi connectivity index (χ4n) is 2.92. The molecule has 3 rings (SSSR count). The van der Waals surface area contributed by atoms with Gasteiger partial charge in [0.25, 0.3) is 5.91 Å². The molecule has 1 aromatic carbocycles. The van der Waals surface area contributed by atoms with Crippen molar-refractivity contribution in [2.24, 2.45) is 5.10 Å². The van der Waals surface area contributed by atoms with Crippen molar-refractivity contribution in [2.75, 3.05) is 16.5 Å². The molecule has 1 aromatic rings. The lowest BCUT2D eigenvalue weighted by molar-refractivity contribution is -0.119. The molecule has 2 aliphatic rings. The molecule has 130 valence electrons. The Bertz CT molecular complexity index is 791. The van der Waals surface area contributed by atoms with Crippen LogP contribution in [0.3, 0.4) is 0 Å². The summed E-state index contributed by atoms with van der Waals surface area (Å²) in [4.78, 5) is 24.9. The number of rotatable bonds is 3. The summed E-state index contributed by atoms with van der Waals surface area (Å²) >= 11 is 1.65. The first-order valence-electron chi connectivity index (χ1n) is 8.23. The number of thioether (sulfide) groups is 1. The number of benzene rings is 1. The van der Waals surface area contributed by atoms with Gasteiger partial charge < -0.3 is 5.32 Å². The fourth-order valence-corrected chi connectivity index (χ4v) is 4.19. The smallest absolute Gasteiger partial charge is 0.268 e. The van der Waals surface area contributed by atoms with E-state index in [1.807, 2.05) is 32.0 Å². The quantitative estimate of drug-likeness (QED) is 0.900. The maximum Gasteiger partial charge on any atom is 0.268 e. The third kappa shape index (κ3) is 3.54. The van der Waals surface area contributed by atoms with Crippen molar-refractivity contribution in [3.05, 3.63) is 29.3 Å². The molecule has 1 saturated heterocycles. The van der Waals surface area contributed by atoms with Gasteiger partial charge in [-0.1, -0.05) is 12.1 Å². The van der Waals surface area contributed by atoms with Crippen LogP contribution in [0.2, 0.25) is 0 Å². The summed E-state index contributed by atoms with van der Waals surface area (Å²) in [6, 6.07) is 8.02. The topological polar surface area (TPSA) is 85.6 Å². The standard InChI is InChI=1S/C18H20N4O2S/c1-12-3-4-13(2)15(9-12)22-16(23)6-5-14(21-22)17(24)20-18(10-19)7-8-25-11-18/h3-4,9H,5-8,11H2,1-2H3,(H,20,24).